The van der Waals surface area contributed by atoms with Gasteiger partial charge < -0.3 is 4.90 Å². The van der Waals surface area contributed by atoms with Gasteiger partial charge >= 0.3 is 0 Å². The van der Waals surface area contributed by atoms with Crippen LogP contribution in [0, 0.1) is 22.7 Å². The van der Waals surface area contributed by atoms with Gasteiger partial charge in [-0.15, -0.1) is 0 Å². The lowest BCUT2D eigenvalue weighted by atomic mass is 9.71. The van der Waals surface area contributed by atoms with E-state index in [1.54, 1.807) is 40.2 Å². The van der Waals surface area contributed by atoms with Gasteiger partial charge in [-0.1, -0.05) is 30.1 Å². The lowest BCUT2D eigenvalue weighted by Crippen LogP contribution is -2.67. The molecule has 1 aromatic rings. The lowest BCUT2D eigenvalue weighted by Gasteiger charge is -2.50. The highest BCUT2D eigenvalue weighted by Gasteiger charge is 2.72. The molecule has 1 aliphatic carbocycles. The van der Waals surface area contributed by atoms with Gasteiger partial charge in [0.15, 0.2) is 10.9 Å². The maximum Gasteiger partial charge on any atom is 0.241 e. The number of allylic oxidation sites excluding steroid dienone is 1. The zero-order chi connectivity index (χ0) is 22.5. The van der Waals surface area contributed by atoms with Crippen LogP contribution in [0.25, 0.3) is 0 Å². The number of hydrogen-bond donors (Lipinski definition) is 0. The number of fused-ring (bicyclic) bond motifs is 1. The van der Waals surface area contributed by atoms with Crippen LogP contribution in [0.15, 0.2) is 30.2 Å². The van der Waals surface area contributed by atoms with E-state index in [1.807, 2.05) is 0 Å². The molecule has 0 radical (unpaired) electrons. The molecule has 0 N–H and O–H groups in total. The van der Waals surface area contributed by atoms with E-state index in [4.69, 9.17) is 0 Å². The Hall–Kier alpha value is -2.18. The maximum atomic E-state index is 14.1. The largest absolute Gasteiger partial charge is 0.323 e. The molecule has 2 fully saturated rings. The summed E-state index contributed by atoms with van der Waals surface area (Å²) in [7, 11) is 1.58. The molecule has 1 aromatic heterocycles. The average molecular weight is 445 g/mol. The standard InChI is InChI=1S/C21H24N4O3S2/c1-12(2)29-20(5)17(27)16-15(14-7-23-11-24-8-14)19(4,10-22)9-21(16,30-13(3)26)18(28)25(20)6/h7-8,11,15-16H,1,9H2,2-6H3/t15?,16?,19-,20+,21-/m1/s1. The van der Waals surface area contributed by atoms with Crippen molar-refractivity contribution in [1.29, 1.82) is 5.26 Å². The van der Waals surface area contributed by atoms with E-state index in [0.29, 0.717) is 10.5 Å². The first-order chi connectivity index (χ1) is 13.9. The number of nitrogens with zero attached hydrogens (tertiary/aromatic N) is 4. The van der Waals surface area contributed by atoms with Crippen LogP contribution in [-0.2, 0) is 14.4 Å². The Morgan fingerprint density at radius 1 is 1.23 bits per heavy atom. The average Bonchev–Trinajstić information content (AvgIpc) is 2.94. The van der Waals surface area contributed by atoms with Crippen molar-refractivity contribution in [2.75, 3.05) is 7.05 Å². The van der Waals surface area contributed by atoms with E-state index in [0.717, 1.165) is 11.8 Å². The first-order valence-corrected chi connectivity index (χ1v) is 11.1. The summed E-state index contributed by atoms with van der Waals surface area (Å²) in [6.45, 7) is 10.5. The summed E-state index contributed by atoms with van der Waals surface area (Å²) in [5.41, 5.74) is -0.436. The van der Waals surface area contributed by atoms with E-state index in [9.17, 15) is 19.6 Å². The summed E-state index contributed by atoms with van der Waals surface area (Å²) in [6.07, 6.45) is 4.64. The van der Waals surface area contributed by atoms with Crippen LogP contribution >= 0.6 is 23.5 Å². The van der Waals surface area contributed by atoms with Gasteiger partial charge in [-0.2, -0.15) is 5.26 Å². The zero-order valence-electron chi connectivity index (χ0n) is 17.6. The number of thioether (sulfide) groups is 2. The number of ketones is 1. The number of carbonyl (C=O) groups is 3. The number of rotatable bonds is 4. The molecule has 1 aliphatic heterocycles. The number of aromatic nitrogens is 2. The summed E-state index contributed by atoms with van der Waals surface area (Å²) in [5, 5.41) is 9.86. The van der Waals surface area contributed by atoms with Crippen LogP contribution in [-0.4, -0.2) is 48.3 Å². The third-order valence-electron chi connectivity index (χ3n) is 6.09. The fourth-order valence-corrected chi connectivity index (χ4v) is 7.51. The molecule has 1 saturated carbocycles. The van der Waals surface area contributed by atoms with Gasteiger partial charge in [0.25, 0.3) is 0 Å². The topological polar surface area (TPSA) is 104 Å². The number of Topliss-reactive ketones (excluding diaryl/α,β-unsaturated/α-hetero) is 1. The fourth-order valence-electron chi connectivity index (χ4n) is 4.90. The van der Waals surface area contributed by atoms with Crippen molar-refractivity contribution in [3.63, 3.8) is 0 Å². The van der Waals surface area contributed by atoms with Gasteiger partial charge in [0.05, 0.1) is 17.4 Å². The molecule has 0 spiro atoms. The van der Waals surface area contributed by atoms with E-state index in [2.05, 4.69) is 22.6 Å². The van der Waals surface area contributed by atoms with Crippen LogP contribution in [0.4, 0.5) is 0 Å². The number of hydrogen-bond acceptors (Lipinski definition) is 8. The number of carbonyl (C=O) groups excluding carboxylic acids is 3. The first kappa shape index (κ1) is 22.5. The predicted octanol–water partition coefficient (Wildman–Crippen LogP) is 3.15. The van der Waals surface area contributed by atoms with Crippen molar-refractivity contribution in [1.82, 2.24) is 14.9 Å². The molecule has 1 amide bonds. The number of nitriles is 1. The van der Waals surface area contributed by atoms with Gasteiger partial charge in [0.1, 0.15) is 15.9 Å². The third-order valence-corrected chi connectivity index (χ3v) is 8.54. The Balaban J connectivity index is 2.30. The Bertz CT molecular complexity index is 978. The van der Waals surface area contributed by atoms with Crippen LogP contribution in [0.5, 0.6) is 0 Å². The molecular formula is C21H24N4O3S2. The predicted molar refractivity (Wildman–Crippen MR) is 116 cm³/mol. The van der Waals surface area contributed by atoms with Crippen molar-refractivity contribution < 1.29 is 14.4 Å². The summed E-state index contributed by atoms with van der Waals surface area (Å²) in [5.74, 6) is -2.00. The van der Waals surface area contributed by atoms with Crippen LogP contribution in [0.1, 0.15) is 45.6 Å². The quantitative estimate of drug-likeness (QED) is 0.697. The molecule has 3 rings (SSSR count). The summed E-state index contributed by atoms with van der Waals surface area (Å²) >= 11 is 2.09. The van der Waals surface area contributed by atoms with Gasteiger partial charge in [-0.05, 0) is 37.7 Å². The molecule has 9 heteroatoms. The first-order valence-electron chi connectivity index (χ1n) is 9.46. The summed E-state index contributed by atoms with van der Waals surface area (Å²) < 4.78 is -1.35. The Labute approximate surface area is 184 Å². The molecule has 2 unspecified atom stereocenters. The minimum absolute atomic E-state index is 0.0910. The highest BCUT2D eigenvalue weighted by atomic mass is 32.2. The van der Waals surface area contributed by atoms with Crippen molar-refractivity contribution in [3.05, 3.63) is 35.8 Å². The van der Waals surface area contributed by atoms with Crippen molar-refractivity contribution in [2.45, 2.75) is 49.7 Å². The molecule has 7 nitrogen and oxygen atoms in total. The van der Waals surface area contributed by atoms with E-state index < -0.39 is 26.9 Å². The number of amides is 1. The fraction of sp³-hybridized carbons (Fsp3) is 0.524. The number of likely N-dealkylation sites (N-methyl/N-ethyl adjacent to an activating group) is 1. The molecule has 1 saturated heterocycles. The smallest absolute Gasteiger partial charge is 0.241 e. The molecular weight excluding hydrogens is 420 g/mol. The second-order valence-corrected chi connectivity index (χ2v) is 11.5. The highest BCUT2D eigenvalue weighted by molar-refractivity contribution is 8.15. The van der Waals surface area contributed by atoms with Gasteiger partial charge in [0.2, 0.25) is 5.91 Å². The maximum absolute atomic E-state index is 14.1. The van der Waals surface area contributed by atoms with Gasteiger partial charge in [-0.3, -0.25) is 14.4 Å². The minimum atomic E-state index is -1.35. The van der Waals surface area contributed by atoms with E-state index in [-0.39, 0.29) is 23.2 Å². The number of piperidine rings is 1. The van der Waals surface area contributed by atoms with Crippen molar-refractivity contribution >= 4 is 40.3 Å². The minimum Gasteiger partial charge on any atom is -0.323 e. The third kappa shape index (κ3) is 3.17. The molecule has 30 heavy (non-hydrogen) atoms. The van der Waals surface area contributed by atoms with Gasteiger partial charge in [-0.25, -0.2) is 9.97 Å². The normalized spacial score (nSPS) is 35.7. The Kier molecular flexibility index (Phi) is 5.63. The summed E-state index contributed by atoms with van der Waals surface area (Å²) in [4.78, 5) is 49.2. The molecule has 0 bridgehead atoms. The van der Waals surface area contributed by atoms with Crippen LogP contribution in [0.2, 0.25) is 0 Å². The second-order valence-electron chi connectivity index (χ2n) is 8.33. The molecule has 158 valence electrons. The van der Waals surface area contributed by atoms with Crippen LogP contribution < -0.4 is 0 Å². The lowest BCUT2D eigenvalue weighted by molar-refractivity contribution is -0.151. The molecule has 2 aliphatic rings. The Morgan fingerprint density at radius 3 is 2.33 bits per heavy atom. The monoisotopic (exact) mass is 444 g/mol. The summed E-state index contributed by atoms with van der Waals surface area (Å²) in [6, 6.07) is 2.34. The highest BCUT2D eigenvalue weighted by Crippen LogP contribution is 2.66. The van der Waals surface area contributed by atoms with Crippen molar-refractivity contribution in [3.8, 4) is 6.07 Å². The van der Waals surface area contributed by atoms with Crippen LogP contribution in [0.3, 0.4) is 0 Å². The number of likely N-dealkylation sites (tertiary alicyclic amines) is 1. The molecule has 5 atom stereocenters. The van der Waals surface area contributed by atoms with Gasteiger partial charge in [0, 0.05) is 32.3 Å². The zero-order valence-corrected chi connectivity index (χ0v) is 19.3. The molecule has 0 aromatic carbocycles. The Morgan fingerprint density at radius 2 is 1.83 bits per heavy atom. The van der Waals surface area contributed by atoms with E-state index >= 15 is 0 Å². The SMILES string of the molecule is C=C(C)S[C@@]1(C)C(=O)C2C(c3cncnc3)[C@@](C)(C#N)C[C@]2(SC(C)=O)C(=O)N1C. The molecule has 2 heterocycles. The van der Waals surface area contributed by atoms with Crippen molar-refractivity contribution in [2.24, 2.45) is 11.3 Å². The van der Waals surface area contributed by atoms with E-state index in [1.165, 1.54) is 29.9 Å². The second kappa shape index (κ2) is 7.50.